The van der Waals surface area contributed by atoms with Crippen LogP contribution in [0.1, 0.15) is 27.9 Å². The SMILES string of the molecule is Cc1ccc2c(C(=O)N3CC[C@@]4(c5ccccc5)NC(=O)CO[C@@H]4C3)cnn2c1. The minimum absolute atomic E-state index is 0.0112. The van der Waals surface area contributed by atoms with Gasteiger partial charge in [-0.1, -0.05) is 36.4 Å². The summed E-state index contributed by atoms with van der Waals surface area (Å²) in [6, 6.07) is 13.8. The molecule has 5 rings (SSSR count). The molecule has 0 bridgehead atoms. The highest BCUT2D eigenvalue weighted by Crippen LogP contribution is 2.37. The van der Waals surface area contributed by atoms with Gasteiger partial charge in [-0.05, 0) is 30.5 Å². The summed E-state index contributed by atoms with van der Waals surface area (Å²) < 4.78 is 7.66. The second-order valence-corrected chi connectivity index (χ2v) is 7.78. The van der Waals surface area contributed by atoms with Gasteiger partial charge in [-0.3, -0.25) is 9.59 Å². The number of morpholine rings is 1. The molecule has 1 aromatic carbocycles. The monoisotopic (exact) mass is 390 g/mol. The predicted molar refractivity (Wildman–Crippen MR) is 106 cm³/mol. The molecule has 2 aliphatic rings. The van der Waals surface area contributed by atoms with Crippen molar-refractivity contribution in [1.29, 1.82) is 0 Å². The molecule has 3 aromatic rings. The van der Waals surface area contributed by atoms with Crippen LogP contribution in [-0.2, 0) is 15.1 Å². The van der Waals surface area contributed by atoms with Crippen LogP contribution in [0, 0.1) is 6.92 Å². The number of nitrogens with one attached hydrogen (secondary N) is 1. The molecule has 0 aliphatic carbocycles. The zero-order valence-corrected chi connectivity index (χ0v) is 16.2. The number of piperidine rings is 1. The van der Waals surface area contributed by atoms with Gasteiger partial charge in [0.15, 0.2) is 0 Å². The lowest BCUT2D eigenvalue weighted by molar-refractivity contribution is -0.150. The highest BCUT2D eigenvalue weighted by Gasteiger charge is 2.50. The van der Waals surface area contributed by atoms with Gasteiger partial charge in [0.05, 0.1) is 22.8 Å². The number of aromatic nitrogens is 2. The smallest absolute Gasteiger partial charge is 0.257 e. The molecule has 1 N–H and O–H groups in total. The Morgan fingerprint density at radius 3 is 2.90 bits per heavy atom. The van der Waals surface area contributed by atoms with Crippen LogP contribution in [0.2, 0.25) is 0 Å². The first-order valence-electron chi connectivity index (χ1n) is 9.78. The minimum atomic E-state index is -0.606. The fourth-order valence-electron chi connectivity index (χ4n) is 4.46. The van der Waals surface area contributed by atoms with Crippen LogP contribution < -0.4 is 5.32 Å². The van der Waals surface area contributed by atoms with E-state index in [0.29, 0.717) is 25.1 Å². The van der Waals surface area contributed by atoms with Gasteiger partial charge in [0.1, 0.15) is 12.7 Å². The fraction of sp³-hybridized carbons (Fsp3) is 0.318. The number of amides is 2. The molecule has 29 heavy (non-hydrogen) atoms. The van der Waals surface area contributed by atoms with Gasteiger partial charge in [0, 0.05) is 19.3 Å². The Bertz CT molecular complexity index is 1090. The third-order valence-corrected chi connectivity index (χ3v) is 5.96. The molecule has 7 nitrogen and oxygen atoms in total. The summed E-state index contributed by atoms with van der Waals surface area (Å²) in [6.45, 7) is 2.94. The zero-order valence-electron chi connectivity index (χ0n) is 16.2. The van der Waals surface area contributed by atoms with Crippen molar-refractivity contribution >= 4 is 17.3 Å². The molecule has 148 valence electrons. The molecular weight excluding hydrogens is 368 g/mol. The summed E-state index contributed by atoms with van der Waals surface area (Å²) >= 11 is 0. The van der Waals surface area contributed by atoms with Crippen molar-refractivity contribution in [2.24, 2.45) is 0 Å². The number of fused-ring (bicyclic) bond motifs is 2. The van der Waals surface area contributed by atoms with Crippen LogP contribution in [0.5, 0.6) is 0 Å². The van der Waals surface area contributed by atoms with Crippen molar-refractivity contribution in [3.8, 4) is 0 Å². The minimum Gasteiger partial charge on any atom is -0.364 e. The lowest BCUT2D eigenvalue weighted by Crippen LogP contribution is -2.67. The number of benzene rings is 1. The summed E-state index contributed by atoms with van der Waals surface area (Å²) in [6.07, 6.45) is 3.82. The molecule has 2 amide bonds. The van der Waals surface area contributed by atoms with Crippen molar-refractivity contribution in [2.75, 3.05) is 19.7 Å². The van der Waals surface area contributed by atoms with Gasteiger partial charge in [0.25, 0.3) is 5.91 Å². The number of likely N-dealkylation sites (tertiary alicyclic amines) is 1. The normalized spacial score (nSPS) is 24.2. The van der Waals surface area contributed by atoms with E-state index in [2.05, 4.69) is 10.4 Å². The van der Waals surface area contributed by atoms with Gasteiger partial charge in [-0.25, -0.2) is 4.52 Å². The van der Waals surface area contributed by atoms with Crippen LogP contribution in [0.3, 0.4) is 0 Å². The molecule has 2 saturated heterocycles. The first-order valence-corrected chi connectivity index (χ1v) is 9.78. The average molecular weight is 390 g/mol. The number of aryl methyl sites for hydroxylation is 1. The maximum Gasteiger partial charge on any atom is 0.257 e. The molecule has 0 saturated carbocycles. The number of carbonyl (C=O) groups is 2. The van der Waals surface area contributed by atoms with E-state index in [1.807, 2.05) is 55.6 Å². The maximum atomic E-state index is 13.3. The van der Waals surface area contributed by atoms with E-state index in [9.17, 15) is 9.59 Å². The Balaban J connectivity index is 1.45. The molecule has 7 heteroatoms. The molecular formula is C22H22N4O3. The number of nitrogens with zero attached hydrogens (tertiary/aromatic N) is 3. The number of ether oxygens (including phenoxy) is 1. The van der Waals surface area contributed by atoms with Crippen molar-refractivity contribution in [3.05, 3.63) is 71.5 Å². The Kier molecular flexibility index (Phi) is 4.13. The number of hydrogen-bond acceptors (Lipinski definition) is 4. The van der Waals surface area contributed by atoms with Crippen molar-refractivity contribution in [3.63, 3.8) is 0 Å². The van der Waals surface area contributed by atoms with Crippen LogP contribution >= 0.6 is 0 Å². The molecule has 2 aromatic heterocycles. The molecule has 4 heterocycles. The van der Waals surface area contributed by atoms with E-state index in [-0.39, 0.29) is 24.5 Å². The third-order valence-electron chi connectivity index (χ3n) is 5.96. The van der Waals surface area contributed by atoms with Crippen LogP contribution in [0.4, 0.5) is 0 Å². The standard InChI is InChI=1S/C22H22N4O3/c1-15-7-8-18-17(11-23-26(18)12-15)21(28)25-10-9-22(16-5-3-2-4-6-16)19(13-25)29-14-20(27)24-22/h2-8,11-12,19H,9-10,13-14H2,1H3,(H,24,27)/t19-,22+/m1/s1. The maximum absolute atomic E-state index is 13.3. The van der Waals surface area contributed by atoms with Crippen molar-refractivity contribution in [1.82, 2.24) is 19.8 Å². The second-order valence-electron chi connectivity index (χ2n) is 7.78. The number of carbonyl (C=O) groups excluding carboxylic acids is 2. The van der Waals surface area contributed by atoms with Gasteiger partial charge in [-0.2, -0.15) is 5.10 Å². The molecule has 2 atom stereocenters. The van der Waals surface area contributed by atoms with E-state index < -0.39 is 5.54 Å². The zero-order chi connectivity index (χ0) is 20.0. The Morgan fingerprint density at radius 2 is 2.07 bits per heavy atom. The Hall–Kier alpha value is -3.19. The number of pyridine rings is 1. The van der Waals surface area contributed by atoms with Crippen LogP contribution in [-0.4, -0.2) is 52.1 Å². The van der Waals surface area contributed by atoms with Crippen LogP contribution in [0.25, 0.3) is 5.52 Å². The van der Waals surface area contributed by atoms with E-state index in [4.69, 9.17) is 4.74 Å². The van der Waals surface area contributed by atoms with Crippen LogP contribution in [0.15, 0.2) is 54.9 Å². The third kappa shape index (κ3) is 2.89. The summed E-state index contributed by atoms with van der Waals surface area (Å²) in [5, 5.41) is 7.49. The summed E-state index contributed by atoms with van der Waals surface area (Å²) in [7, 11) is 0. The summed E-state index contributed by atoms with van der Waals surface area (Å²) in [5.41, 5.74) is 2.86. The largest absolute Gasteiger partial charge is 0.364 e. The fourth-order valence-corrected chi connectivity index (χ4v) is 4.46. The van der Waals surface area contributed by atoms with Gasteiger partial charge in [0.2, 0.25) is 5.91 Å². The first-order chi connectivity index (χ1) is 14.1. The number of hydrogen-bond donors (Lipinski definition) is 1. The highest BCUT2D eigenvalue weighted by molar-refractivity contribution is 6.00. The first kappa shape index (κ1) is 17.9. The molecule has 2 fully saturated rings. The van der Waals surface area contributed by atoms with Gasteiger partial charge < -0.3 is 15.0 Å². The Labute approximate surface area is 168 Å². The predicted octanol–water partition coefficient (Wildman–Crippen LogP) is 1.90. The van der Waals surface area contributed by atoms with Gasteiger partial charge in [-0.15, -0.1) is 0 Å². The molecule has 0 spiro atoms. The second kappa shape index (κ2) is 6.70. The lowest BCUT2D eigenvalue weighted by atomic mass is 9.77. The summed E-state index contributed by atoms with van der Waals surface area (Å²) in [5.74, 6) is -0.186. The molecule has 2 aliphatic heterocycles. The highest BCUT2D eigenvalue weighted by atomic mass is 16.5. The topological polar surface area (TPSA) is 75.9 Å². The van der Waals surface area contributed by atoms with E-state index in [1.165, 1.54) is 0 Å². The molecule has 0 radical (unpaired) electrons. The van der Waals surface area contributed by atoms with Crippen molar-refractivity contribution < 1.29 is 14.3 Å². The van der Waals surface area contributed by atoms with Gasteiger partial charge >= 0.3 is 0 Å². The Morgan fingerprint density at radius 1 is 1.24 bits per heavy atom. The lowest BCUT2D eigenvalue weighted by Gasteiger charge is -2.50. The van der Waals surface area contributed by atoms with E-state index in [0.717, 1.165) is 16.6 Å². The number of rotatable bonds is 2. The van der Waals surface area contributed by atoms with E-state index in [1.54, 1.807) is 15.6 Å². The van der Waals surface area contributed by atoms with Crippen molar-refractivity contribution in [2.45, 2.75) is 25.0 Å². The average Bonchev–Trinajstić information content (AvgIpc) is 3.16. The van der Waals surface area contributed by atoms with E-state index >= 15 is 0 Å². The molecule has 0 unspecified atom stereocenters. The summed E-state index contributed by atoms with van der Waals surface area (Å²) in [4.78, 5) is 27.2. The quantitative estimate of drug-likeness (QED) is 0.725.